The summed E-state index contributed by atoms with van der Waals surface area (Å²) in [7, 11) is 1.28. The fourth-order valence-electron chi connectivity index (χ4n) is 2.38. The van der Waals surface area contributed by atoms with Gasteiger partial charge >= 0.3 is 11.9 Å². The second kappa shape index (κ2) is 8.06. The van der Waals surface area contributed by atoms with Crippen LogP contribution in [0.3, 0.4) is 0 Å². The van der Waals surface area contributed by atoms with Gasteiger partial charge in [-0.15, -0.1) is 0 Å². The molecule has 1 aromatic carbocycles. The molecule has 1 N–H and O–H groups in total. The van der Waals surface area contributed by atoms with Crippen molar-refractivity contribution in [2.45, 2.75) is 26.1 Å². The van der Waals surface area contributed by atoms with E-state index in [0.29, 0.717) is 12.1 Å². The molecule has 146 valence electrons. The number of rotatable bonds is 7. The topological polar surface area (TPSA) is 99.3 Å². The number of ether oxygens (including phenoxy) is 1. The van der Waals surface area contributed by atoms with Crippen molar-refractivity contribution in [1.29, 1.82) is 0 Å². The number of halogens is 3. The fourth-order valence-corrected chi connectivity index (χ4v) is 2.38. The maximum Gasteiger partial charge on any atom is 0.435 e. The number of nitro benzene ring substituents is 1. The lowest BCUT2D eigenvalue weighted by Gasteiger charge is -2.08. The van der Waals surface area contributed by atoms with Crippen molar-refractivity contribution in [3.63, 3.8) is 0 Å². The summed E-state index contributed by atoms with van der Waals surface area (Å²) in [6.07, 6.45) is -4.17. The highest BCUT2D eigenvalue weighted by atomic mass is 19.4. The molecule has 1 aromatic heterocycles. The second-order valence-electron chi connectivity index (χ2n) is 5.65. The number of hydrogen-bond donors (Lipinski definition) is 1. The number of methoxy groups -OCH3 is 1. The van der Waals surface area contributed by atoms with E-state index in [2.05, 4.69) is 10.4 Å². The van der Waals surface area contributed by atoms with Gasteiger partial charge in [0.25, 0.3) is 5.91 Å². The third-order valence-corrected chi connectivity index (χ3v) is 3.74. The molecule has 8 nitrogen and oxygen atoms in total. The minimum absolute atomic E-state index is 0.0335. The largest absolute Gasteiger partial charge is 0.490 e. The molecule has 0 atom stereocenters. The summed E-state index contributed by atoms with van der Waals surface area (Å²) in [5.41, 5.74) is -0.858. The molecule has 0 unspecified atom stereocenters. The van der Waals surface area contributed by atoms with Crippen molar-refractivity contribution in [2.75, 3.05) is 13.7 Å². The van der Waals surface area contributed by atoms with Gasteiger partial charge in [0.15, 0.2) is 11.4 Å². The highest BCUT2D eigenvalue weighted by molar-refractivity contribution is 5.95. The Morgan fingerprint density at radius 1 is 1.37 bits per heavy atom. The maximum atomic E-state index is 12.6. The van der Waals surface area contributed by atoms with Gasteiger partial charge < -0.3 is 10.1 Å². The molecule has 1 amide bonds. The standard InChI is InChI=1S/C16H17F3N4O4/c1-10-8-14(16(17,18)19)21-22(10)7-3-6-20-15(24)11-4-5-13(27-2)12(9-11)23(25)26/h4-5,8-9H,3,6-7H2,1-2H3,(H,20,24). The lowest BCUT2D eigenvalue weighted by atomic mass is 10.1. The first-order chi connectivity index (χ1) is 12.6. The summed E-state index contributed by atoms with van der Waals surface area (Å²) in [5.74, 6) is -0.500. The molecule has 0 bridgehead atoms. The molecule has 2 aromatic rings. The van der Waals surface area contributed by atoms with Crippen molar-refractivity contribution < 1.29 is 27.6 Å². The molecule has 27 heavy (non-hydrogen) atoms. The van der Waals surface area contributed by atoms with Crippen LogP contribution in [-0.2, 0) is 12.7 Å². The van der Waals surface area contributed by atoms with Gasteiger partial charge in [0.05, 0.1) is 12.0 Å². The molecule has 0 saturated carbocycles. The minimum atomic E-state index is -4.51. The minimum Gasteiger partial charge on any atom is -0.490 e. The summed E-state index contributed by atoms with van der Waals surface area (Å²) < 4.78 is 43.9. The van der Waals surface area contributed by atoms with Crippen LogP contribution in [0.15, 0.2) is 24.3 Å². The Kier molecular flexibility index (Phi) is 6.03. The van der Waals surface area contributed by atoms with Crippen LogP contribution in [-0.4, -0.2) is 34.3 Å². The van der Waals surface area contributed by atoms with Gasteiger partial charge in [0.1, 0.15) is 0 Å². The third kappa shape index (κ3) is 4.96. The smallest absolute Gasteiger partial charge is 0.435 e. The monoisotopic (exact) mass is 386 g/mol. The van der Waals surface area contributed by atoms with Crippen LogP contribution in [0.1, 0.15) is 28.2 Å². The van der Waals surface area contributed by atoms with E-state index in [1.807, 2.05) is 0 Å². The normalized spacial score (nSPS) is 11.3. The Morgan fingerprint density at radius 3 is 2.63 bits per heavy atom. The van der Waals surface area contributed by atoms with Crippen molar-refractivity contribution in [3.8, 4) is 5.75 Å². The number of aryl methyl sites for hydroxylation is 2. The van der Waals surface area contributed by atoms with Gasteiger partial charge in [0, 0.05) is 30.4 Å². The molecule has 0 radical (unpaired) electrons. The molecule has 0 aliphatic carbocycles. The van der Waals surface area contributed by atoms with E-state index in [9.17, 15) is 28.1 Å². The first-order valence-corrected chi connectivity index (χ1v) is 7.85. The Bertz CT molecular complexity index is 849. The SMILES string of the molecule is COc1ccc(C(=O)NCCCn2nc(C(F)(F)F)cc2C)cc1[N+](=O)[O-]. The number of aromatic nitrogens is 2. The Hall–Kier alpha value is -3.11. The molecular formula is C16H17F3N4O4. The first kappa shape index (κ1) is 20.2. The van der Waals surface area contributed by atoms with Crippen molar-refractivity contribution in [1.82, 2.24) is 15.1 Å². The van der Waals surface area contributed by atoms with Crippen molar-refractivity contribution in [3.05, 3.63) is 51.3 Å². The van der Waals surface area contributed by atoms with Gasteiger partial charge in [-0.25, -0.2) is 0 Å². The number of nitrogens with one attached hydrogen (secondary N) is 1. The fraction of sp³-hybridized carbons (Fsp3) is 0.375. The van der Waals surface area contributed by atoms with E-state index in [4.69, 9.17) is 4.74 Å². The van der Waals surface area contributed by atoms with E-state index in [0.717, 1.165) is 12.1 Å². The van der Waals surface area contributed by atoms with Crippen LogP contribution in [0.5, 0.6) is 5.75 Å². The predicted octanol–water partition coefficient (Wildman–Crippen LogP) is 2.95. The summed E-state index contributed by atoms with van der Waals surface area (Å²) in [4.78, 5) is 22.4. The number of benzene rings is 1. The number of carbonyl (C=O) groups is 1. The summed E-state index contributed by atoms with van der Waals surface area (Å²) in [5, 5.41) is 17.0. The van der Waals surface area contributed by atoms with Crippen LogP contribution in [0, 0.1) is 17.0 Å². The van der Waals surface area contributed by atoms with Gasteiger partial charge in [-0.05, 0) is 31.5 Å². The maximum absolute atomic E-state index is 12.6. The van der Waals surface area contributed by atoms with Gasteiger partial charge in [-0.2, -0.15) is 18.3 Å². The molecule has 1 heterocycles. The molecule has 0 saturated heterocycles. The van der Waals surface area contributed by atoms with Crippen molar-refractivity contribution >= 4 is 11.6 Å². The number of nitro groups is 1. The molecule has 2 rings (SSSR count). The average molecular weight is 386 g/mol. The van der Waals surface area contributed by atoms with Crippen LogP contribution in [0.2, 0.25) is 0 Å². The number of nitrogens with zero attached hydrogens (tertiary/aromatic N) is 3. The molecule has 0 spiro atoms. The Morgan fingerprint density at radius 2 is 2.07 bits per heavy atom. The number of alkyl halides is 3. The Labute approximate surface area is 152 Å². The number of hydrogen-bond acceptors (Lipinski definition) is 5. The van der Waals surface area contributed by atoms with E-state index in [-0.39, 0.29) is 30.1 Å². The molecular weight excluding hydrogens is 369 g/mol. The lowest BCUT2D eigenvalue weighted by molar-refractivity contribution is -0.385. The van der Waals surface area contributed by atoms with Crippen LogP contribution < -0.4 is 10.1 Å². The zero-order chi connectivity index (χ0) is 20.2. The molecule has 0 fully saturated rings. The molecule has 11 heteroatoms. The summed E-state index contributed by atoms with van der Waals surface area (Å²) in [6, 6.07) is 4.75. The van der Waals surface area contributed by atoms with Crippen LogP contribution in [0.4, 0.5) is 18.9 Å². The average Bonchev–Trinajstić information content (AvgIpc) is 2.99. The van der Waals surface area contributed by atoms with Gasteiger partial charge in [-0.3, -0.25) is 19.6 Å². The highest BCUT2D eigenvalue weighted by Gasteiger charge is 2.34. The zero-order valence-electron chi connectivity index (χ0n) is 14.5. The second-order valence-corrected chi connectivity index (χ2v) is 5.65. The summed E-state index contributed by atoms with van der Waals surface area (Å²) in [6.45, 7) is 1.86. The number of amides is 1. The number of carbonyl (C=O) groups excluding carboxylic acids is 1. The van der Waals surface area contributed by atoms with E-state index < -0.39 is 22.7 Å². The van der Waals surface area contributed by atoms with Gasteiger partial charge in [-0.1, -0.05) is 0 Å². The van der Waals surface area contributed by atoms with Gasteiger partial charge in [0.2, 0.25) is 0 Å². The molecule has 0 aliphatic heterocycles. The van der Waals surface area contributed by atoms with Crippen LogP contribution in [0.25, 0.3) is 0 Å². The van der Waals surface area contributed by atoms with Crippen LogP contribution >= 0.6 is 0 Å². The lowest BCUT2D eigenvalue weighted by Crippen LogP contribution is -2.25. The first-order valence-electron chi connectivity index (χ1n) is 7.85. The highest BCUT2D eigenvalue weighted by Crippen LogP contribution is 2.29. The van der Waals surface area contributed by atoms with E-state index >= 15 is 0 Å². The van der Waals surface area contributed by atoms with Crippen molar-refractivity contribution in [2.24, 2.45) is 0 Å². The summed E-state index contributed by atoms with van der Waals surface area (Å²) >= 11 is 0. The van der Waals surface area contributed by atoms with E-state index in [1.165, 1.54) is 30.8 Å². The quantitative estimate of drug-likeness (QED) is 0.448. The third-order valence-electron chi connectivity index (χ3n) is 3.74. The zero-order valence-corrected chi connectivity index (χ0v) is 14.5. The Balaban J connectivity index is 1.93. The molecule has 0 aliphatic rings. The van der Waals surface area contributed by atoms with E-state index in [1.54, 1.807) is 0 Å². The predicted molar refractivity (Wildman–Crippen MR) is 88.6 cm³/mol.